The van der Waals surface area contributed by atoms with Crippen LogP contribution in [0, 0.1) is 5.82 Å². The summed E-state index contributed by atoms with van der Waals surface area (Å²) in [6.45, 7) is 0. The Hall–Kier alpha value is -1.34. The third kappa shape index (κ3) is 3.31. The molecule has 0 radical (unpaired) electrons. The van der Waals surface area contributed by atoms with Crippen LogP contribution in [0.1, 0.15) is 0 Å². The van der Waals surface area contributed by atoms with Gasteiger partial charge in [0.05, 0.1) is 10.7 Å². The highest BCUT2D eigenvalue weighted by Gasteiger charge is 2.18. The van der Waals surface area contributed by atoms with Crippen molar-refractivity contribution in [3.05, 3.63) is 23.0 Å². The van der Waals surface area contributed by atoms with Crippen molar-refractivity contribution in [3.63, 3.8) is 0 Å². The van der Waals surface area contributed by atoms with Gasteiger partial charge >= 0.3 is 0 Å². The van der Waals surface area contributed by atoms with Gasteiger partial charge in [-0.1, -0.05) is 11.6 Å². The molecule has 0 saturated carbocycles. The van der Waals surface area contributed by atoms with Crippen LogP contribution in [0.4, 0.5) is 10.1 Å². The van der Waals surface area contributed by atoms with E-state index in [1.807, 2.05) is 0 Å². The number of hydrogen-bond acceptors (Lipinski definition) is 3. The number of rotatable bonds is 3. The molecule has 0 fully saturated rings. The van der Waals surface area contributed by atoms with Crippen LogP contribution in [0.2, 0.25) is 5.02 Å². The second kappa shape index (κ2) is 4.89. The van der Waals surface area contributed by atoms with Gasteiger partial charge in [0.25, 0.3) is 10.0 Å². The molecule has 1 aromatic carbocycles. The minimum absolute atomic E-state index is 0.257. The molecule has 0 aliphatic carbocycles. The van der Waals surface area contributed by atoms with E-state index in [2.05, 4.69) is 4.40 Å². The molecule has 0 atom stereocenters. The zero-order chi connectivity index (χ0) is 13.2. The smallest absolute Gasteiger partial charge is 0.285 e. The fourth-order valence-corrected chi connectivity index (χ4v) is 2.41. The highest BCUT2D eigenvalue weighted by Crippen LogP contribution is 2.27. The SMILES string of the molecule is CN(C)/C=N/S(=O)(=O)c1cc(N)c(F)cc1Cl. The van der Waals surface area contributed by atoms with E-state index in [4.69, 9.17) is 17.3 Å². The molecule has 0 amide bonds. The Kier molecular flexibility index (Phi) is 3.94. The van der Waals surface area contributed by atoms with E-state index in [0.29, 0.717) is 0 Å². The number of nitrogens with zero attached hydrogens (tertiary/aromatic N) is 2. The number of hydrogen-bond donors (Lipinski definition) is 1. The van der Waals surface area contributed by atoms with Gasteiger partial charge in [0.15, 0.2) is 0 Å². The Bertz CT molecular complexity index is 558. The largest absolute Gasteiger partial charge is 0.396 e. The Balaban J connectivity index is 3.30. The van der Waals surface area contributed by atoms with E-state index >= 15 is 0 Å². The van der Waals surface area contributed by atoms with Crippen LogP contribution in [0.15, 0.2) is 21.4 Å². The molecular formula is C9H11ClFN3O2S. The summed E-state index contributed by atoms with van der Waals surface area (Å²) in [4.78, 5) is 1.12. The highest BCUT2D eigenvalue weighted by atomic mass is 35.5. The van der Waals surface area contributed by atoms with E-state index in [0.717, 1.165) is 18.5 Å². The third-order valence-electron chi connectivity index (χ3n) is 1.75. The Morgan fingerprint density at radius 1 is 1.47 bits per heavy atom. The Morgan fingerprint density at radius 3 is 2.59 bits per heavy atom. The highest BCUT2D eigenvalue weighted by molar-refractivity contribution is 7.90. The van der Waals surface area contributed by atoms with Crippen LogP contribution in [0.3, 0.4) is 0 Å². The summed E-state index contributed by atoms with van der Waals surface area (Å²) in [6.07, 6.45) is 1.10. The third-order valence-corrected chi connectivity index (χ3v) is 3.44. The van der Waals surface area contributed by atoms with Gasteiger partial charge in [0.1, 0.15) is 17.1 Å². The molecule has 0 bridgehead atoms. The molecule has 1 aromatic rings. The zero-order valence-electron chi connectivity index (χ0n) is 9.18. The summed E-state index contributed by atoms with van der Waals surface area (Å²) >= 11 is 5.64. The standard InChI is InChI=1S/C9H11ClFN3O2S/c1-14(2)5-13-17(15,16)9-4-8(12)7(11)3-6(9)10/h3-5H,12H2,1-2H3/b13-5+. The lowest BCUT2D eigenvalue weighted by molar-refractivity contribution is 0.594. The molecule has 0 heterocycles. The van der Waals surface area contributed by atoms with Gasteiger partial charge in [0, 0.05) is 14.1 Å². The Labute approximate surface area is 104 Å². The molecule has 0 aromatic heterocycles. The molecule has 17 heavy (non-hydrogen) atoms. The van der Waals surface area contributed by atoms with Gasteiger partial charge in [-0.25, -0.2) is 4.39 Å². The van der Waals surface area contributed by atoms with Crippen molar-refractivity contribution in [1.82, 2.24) is 4.90 Å². The molecule has 5 nitrogen and oxygen atoms in total. The number of sulfonamides is 1. The van der Waals surface area contributed by atoms with E-state index in [1.54, 1.807) is 14.1 Å². The minimum atomic E-state index is -3.98. The average Bonchev–Trinajstić information content (AvgIpc) is 2.20. The number of nitrogen functional groups attached to an aromatic ring is 1. The first-order valence-electron chi connectivity index (χ1n) is 4.45. The molecular weight excluding hydrogens is 269 g/mol. The van der Waals surface area contributed by atoms with Crippen molar-refractivity contribution in [2.45, 2.75) is 4.90 Å². The molecule has 1 rings (SSSR count). The molecule has 0 saturated heterocycles. The van der Waals surface area contributed by atoms with Crippen LogP contribution in [0.5, 0.6) is 0 Å². The van der Waals surface area contributed by atoms with Crippen LogP contribution >= 0.6 is 11.6 Å². The minimum Gasteiger partial charge on any atom is -0.396 e. The van der Waals surface area contributed by atoms with Crippen LogP contribution < -0.4 is 5.73 Å². The van der Waals surface area contributed by atoms with Gasteiger partial charge in [-0.15, -0.1) is 4.40 Å². The van der Waals surface area contributed by atoms with Gasteiger partial charge in [-0.2, -0.15) is 8.42 Å². The molecule has 0 aliphatic heterocycles. The van der Waals surface area contributed by atoms with Crippen LogP contribution in [-0.2, 0) is 10.0 Å². The quantitative estimate of drug-likeness (QED) is 0.515. The van der Waals surface area contributed by atoms with Crippen molar-refractivity contribution in [2.75, 3.05) is 19.8 Å². The maximum atomic E-state index is 13.0. The number of halogens is 2. The van der Waals surface area contributed by atoms with Crippen molar-refractivity contribution >= 4 is 33.7 Å². The topological polar surface area (TPSA) is 75.8 Å². The van der Waals surface area contributed by atoms with E-state index in [-0.39, 0.29) is 15.6 Å². The number of benzene rings is 1. The summed E-state index contributed by atoms with van der Waals surface area (Å²) in [6, 6.07) is 1.79. The fraction of sp³-hybridized carbons (Fsp3) is 0.222. The second-order valence-corrected chi connectivity index (χ2v) is 5.47. The van der Waals surface area contributed by atoms with E-state index < -0.39 is 15.8 Å². The monoisotopic (exact) mass is 279 g/mol. The first-order valence-corrected chi connectivity index (χ1v) is 6.27. The van der Waals surface area contributed by atoms with Crippen molar-refractivity contribution in [1.29, 1.82) is 0 Å². The summed E-state index contributed by atoms with van der Waals surface area (Å²) < 4.78 is 39.8. The molecule has 2 N–H and O–H groups in total. The molecule has 8 heteroatoms. The fourth-order valence-electron chi connectivity index (χ4n) is 0.956. The maximum absolute atomic E-state index is 13.0. The molecule has 0 spiro atoms. The lowest BCUT2D eigenvalue weighted by Gasteiger charge is -2.06. The Morgan fingerprint density at radius 2 is 2.06 bits per heavy atom. The van der Waals surface area contributed by atoms with Gasteiger partial charge in [-0.3, -0.25) is 0 Å². The first-order chi connectivity index (χ1) is 7.74. The van der Waals surface area contributed by atoms with E-state index in [1.165, 1.54) is 4.90 Å². The molecule has 0 aliphatic rings. The van der Waals surface area contributed by atoms with E-state index in [9.17, 15) is 12.8 Å². The van der Waals surface area contributed by atoms with Gasteiger partial charge in [-0.05, 0) is 12.1 Å². The zero-order valence-corrected chi connectivity index (χ0v) is 10.8. The molecule has 0 unspecified atom stereocenters. The number of nitrogens with two attached hydrogens (primary N) is 1. The van der Waals surface area contributed by atoms with Crippen LogP contribution in [-0.4, -0.2) is 33.8 Å². The summed E-state index contributed by atoms with van der Waals surface area (Å²) in [5.41, 5.74) is 4.98. The lowest BCUT2D eigenvalue weighted by Crippen LogP contribution is -2.10. The van der Waals surface area contributed by atoms with Crippen molar-refractivity contribution in [3.8, 4) is 0 Å². The predicted molar refractivity (Wildman–Crippen MR) is 65.2 cm³/mol. The number of anilines is 1. The second-order valence-electron chi connectivity index (χ2n) is 3.46. The predicted octanol–water partition coefficient (Wildman–Crippen LogP) is 1.34. The van der Waals surface area contributed by atoms with Gasteiger partial charge in [0.2, 0.25) is 0 Å². The van der Waals surface area contributed by atoms with Gasteiger partial charge < -0.3 is 10.6 Å². The molecule has 94 valence electrons. The van der Waals surface area contributed by atoms with Crippen molar-refractivity contribution in [2.24, 2.45) is 4.40 Å². The average molecular weight is 280 g/mol. The van der Waals surface area contributed by atoms with Crippen LogP contribution in [0.25, 0.3) is 0 Å². The normalized spacial score (nSPS) is 12.0. The van der Waals surface area contributed by atoms with Crippen molar-refractivity contribution < 1.29 is 12.8 Å². The lowest BCUT2D eigenvalue weighted by atomic mass is 10.3. The maximum Gasteiger partial charge on any atom is 0.285 e. The summed E-state index contributed by atoms with van der Waals surface area (Å²) in [5.74, 6) is -0.773. The first kappa shape index (κ1) is 13.7. The summed E-state index contributed by atoms with van der Waals surface area (Å²) in [5, 5.41) is -0.257. The summed E-state index contributed by atoms with van der Waals surface area (Å²) in [7, 11) is -0.755.